The van der Waals surface area contributed by atoms with E-state index in [2.05, 4.69) is 5.32 Å². The second-order valence-electron chi connectivity index (χ2n) is 4.54. The van der Waals surface area contributed by atoms with E-state index in [9.17, 15) is 19.8 Å². The molecule has 0 fully saturated rings. The van der Waals surface area contributed by atoms with Gasteiger partial charge in [-0.25, -0.2) is 9.59 Å². The van der Waals surface area contributed by atoms with Crippen molar-refractivity contribution < 1.29 is 24.5 Å². The average Bonchev–Trinajstić information content (AvgIpc) is 2.52. The molecule has 1 amide bonds. The number of nitrogens with one attached hydrogen (secondary N) is 1. The van der Waals surface area contributed by atoms with Crippen LogP contribution in [-0.2, 0) is 16.1 Å². The molecule has 0 radical (unpaired) electrons. The lowest BCUT2D eigenvalue weighted by molar-refractivity contribution is -0.139. The molecule has 6 heteroatoms. The van der Waals surface area contributed by atoms with Gasteiger partial charge in [-0.2, -0.15) is 0 Å². The minimum absolute atomic E-state index is 0.0276. The van der Waals surface area contributed by atoms with Crippen LogP contribution in [0.1, 0.15) is 17.2 Å². The van der Waals surface area contributed by atoms with E-state index in [1.165, 1.54) is 12.1 Å². The minimum atomic E-state index is -1.38. The molecular formula is C16H15NO5. The summed E-state index contributed by atoms with van der Waals surface area (Å²) in [4.78, 5) is 23.0. The van der Waals surface area contributed by atoms with Gasteiger partial charge in [-0.1, -0.05) is 48.5 Å². The van der Waals surface area contributed by atoms with Crippen LogP contribution >= 0.6 is 0 Å². The van der Waals surface area contributed by atoms with Crippen molar-refractivity contribution in [1.82, 2.24) is 5.32 Å². The number of phenolic OH excluding ortho intramolecular Hbond substituents is 1. The SMILES string of the molecule is O=C(N[C@@H](C(=O)O)c1ccccc1O)OCc1ccccc1. The van der Waals surface area contributed by atoms with Gasteiger partial charge >= 0.3 is 12.1 Å². The molecule has 0 unspecified atom stereocenters. The van der Waals surface area contributed by atoms with Gasteiger partial charge in [-0.3, -0.25) is 0 Å². The Bertz CT molecular complexity index is 657. The predicted molar refractivity (Wildman–Crippen MR) is 78.2 cm³/mol. The Balaban J connectivity index is 2.01. The van der Waals surface area contributed by atoms with Gasteiger partial charge < -0.3 is 20.3 Å². The molecule has 0 spiro atoms. The fourth-order valence-electron chi connectivity index (χ4n) is 1.89. The molecule has 0 saturated carbocycles. The van der Waals surface area contributed by atoms with Crippen LogP contribution in [0.5, 0.6) is 5.75 Å². The summed E-state index contributed by atoms with van der Waals surface area (Å²) in [7, 11) is 0. The standard InChI is InChI=1S/C16H15NO5/c18-13-9-5-4-8-12(13)14(15(19)20)17-16(21)22-10-11-6-2-1-3-7-11/h1-9,14,18H,10H2,(H,17,21)(H,19,20)/t14-/m1/s1. The summed E-state index contributed by atoms with van der Waals surface area (Å²) >= 11 is 0. The van der Waals surface area contributed by atoms with Crippen LogP contribution in [0.25, 0.3) is 0 Å². The summed E-state index contributed by atoms with van der Waals surface area (Å²) in [6.45, 7) is 0.0276. The molecule has 6 nitrogen and oxygen atoms in total. The zero-order valence-corrected chi connectivity index (χ0v) is 11.6. The maximum atomic E-state index is 11.7. The molecule has 2 aromatic carbocycles. The second kappa shape index (κ2) is 7.12. The molecule has 0 aromatic heterocycles. The van der Waals surface area contributed by atoms with Crippen LogP contribution in [0.3, 0.4) is 0 Å². The Morgan fingerprint density at radius 2 is 1.68 bits per heavy atom. The molecule has 0 bridgehead atoms. The number of phenols is 1. The summed E-state index contributed by atoms with van der Waals surface area (Å²) < 4.78 is 4.98. The Kier molecular flexibility index (Phi) is 4.98. The quantitative estimate of drug-likeness (QED) is 0.788. The van der Waals surface area contributed by atoms with E-state index < -0.39 is 18.1 Å². The van der Waals surface area contributed by atoms with Crippen molar-refractivity contribution in [2.75, 3.05) is 0 Å². The number of hydrogen-bond acceptors (Lipinski definition) is 4. The fourth-order valence-corrected chi connectivity index (χ4v) is 1.89. The van der Waals surface area contributed by atoms with Crippen molar-refractivity contribution in [2.24, 2.45) is 0 Å². The minimum Gasteiger partial charge on any atom is -0.508 e. The number of carbonyl (C=O) groups excluding carboxylic acids is 1. The van der Waals surface area contributed by atoms with Crippen LogP contribution < -0.4 is 5.32 Å². The van der Waals surface area contributed by atoms with Crippen molar-refractivity contribution in [3.63, 3.8) is 0 Å². The smallest absolute Gasteiger partial charge is 0.408 e. The lowest BCUT2D eigenvalue weighted by Crippen LogP contribution is -2.34. The maximum absolute atomic E-state index is 11.7. The number of aromatic hydroxyl groups is 1. The molecule has 0 saturated heterocycles. The molecule has 2 aromatic rings. The first-order valence-corrected chi connectivity index (χ1v) is 6.56. The van der Waals surface area contributed by atoms with Crippen molar-refractivity contribution >= 4 is 12.1 Å². The van der Waals surface area contributed by atoms with E-state index in [1.54, 1.807) is 36.4 Å². The highest BCUT2D eigenvalue weighted by molar-refractivity contribution is 5.82. The summed E-state index contributed by atoms with van der Waals surface area (Å²) in [5.74, 6) is -1.50. The van der Waals surface area contributed by atoms with Crippen LogP contribution in [0, 0.1) is 0 Å². The van der Waals surface area contributed by atoms with Crippen molar-refractivity contribution in [2.45, 2.75) is 12.6 Å². The van der Waals surface area contributed by atoms with Crippen LogP contribution in [0.15, 0.2) is 54.6 Å². The van der Waals surface area contributed by atoms with Crippen LogP contribution in [0.4, 0.5) is 4.79 Å². The zero-order valence-electron chi connectivity index (χ0n) is 11.6. The number of aliphatic carboxylic acids is 1. The van der Waals surface area contributed by atoms with Gasteiger partial charge in [0.2, 0.25) is 0 Å². The number of rotatable bonds is 5. The number of carbonyl (C=O) groups is 2. The first kappa shape index (κ1) is 15.4. The van der Waals surface area contributed by atoms with Gasteiger partial charge in [0.05, 0.1) is 0 Å². The molecule has 0 heterocycles. The normalized spacial score (nSPS) is 11.5. The molecule has 0 aliphatic carbocycles. The number of amides is 1. The van der Waals surface area contributed by atoms with Crippen molar-refractivity contribution in [3.05, 3.63) is 65.7 Å². The van der Waals surface area contributed by atoms with Crippen molar-refractivity contribution in [3.8, 4) is 5.75 Å². The molecule has 0 aliphatic heterocycles. The van der Waals surface area contributed by atoms with Gasteiger partial charge in [-0.15, -0.1) is 0 Å². The Morgan fingerprint density at radius 3 is 2.32 bits per heavy atom. The molecule has 114 valence electrons. The molecule has 0 aliphatic rings. The molecule has 22 heavy (non-hydrogen) atoms. The highest BCUT2D eigenvalue weighted by atomic mass is 16.5. The van der Waals surface area contributed by atoms with Crippen LogP contribution in [0.2, 0.25) is 0 Å². The topological polar surface area (TPSA) is 95.9 Å². The van der Waals surface area contributed by atoms with Gasteiger partial charge in [0, 0.05) is 5.56 Å². The van der Waals surface area contributed by atoms with Gasteiger partial charge in [-0.05, 0) is 11.6 Å². The number of alkyl carbamates (subject to hydrolysis) is 1. The third-order valence-electron chi connectivity index (χ3n) is 2.97. The van der Waals surface area contributed by atoms with E-state index in [4.69, 9.17) is 4.74 Å². The van der Waals surface area contributed by atoms with E-state index in [1.807, 2.05) is 6.07 Å². The van der Waals surface area contributed by atoms with Crippen LogP contribution in [-0.4, -0.2) is 22.3 Å². The maximum Gasteiger partial charge on any atom is 0.408 e. The third-order valence-corrected chi connectivity index (χ3v) is 2.97. The largest absolute Gasteiger partial charge is 0.508 e. The zero-order chi connectivity index (χ0) is 15.9. The lowest BCUT2D eigenvalue weighted by atomic mass is 10.1. The van der Waals surface area contributed by atoms with Crippen molar-refractivity contribution in [1.29, 1.82) is 0 Å². The average molecular weight is 301 g/mol. The third kappa shape index (κ3) is 3.99. The van der Waals surface area contributed by atoms with E-state index >= 15 is 0 Å². The molecule has 3 N–H and O–H groups in total. The second-order valence-corrected chi connectivity index (χ2v) is 4.54. The summed E-state index contributed by atoms with van der Waals surface area (Å²) in [6, 6.07) is 13.5. The van der Waals surface area contributed by atoms with E-state index in [0.717, 1.165) is 5.56 Å². The Labute approximate surface area is 127 Å². The lowest BCUT2D eigenvalue weighted by Gasteiger charge is -2.16. The highest BCUT2D eigenvalue weighted by Gasteiger charge is 2.25. The number of benzene rings is 2. The van der Waals surface area contributed by atoms with E-state index in [0.29, 0.717) is 0 Å². The summed E-state index contributed by atoms with van der Waals surface area (Å²) in [5.41, 5.74) is 0.874. The number of carboxylic acid groups (broad SMARTS) is 1. The molecule has 2 rings (SSSR count). The fraction of sp³-hybridized carbons (Fsp3) is 0.125. The van der Waals surface area contributed by atoms with E-state index in [-0.39, 0.29) is 17.9 Å². The number of para-hydroxylation sites is 1. The first-order valence-electron chi connectivity index (χ1n) is 6.56. The summed E-state index contributed by atoms with van der Waals surface area (Å²) in [5, 5.41) is 21.1. The highest BCUT2D eigenvalue weighted by Crippen LogP contribution is 2.23. The number of ether oxygens (including phenoxy) is 1. The molecule has 1 atom stereocenters. The first-order chi connectivity index (χ1) is 10.6. The Morgan fingerprint density at radius 1 is 1.05 bits per heavy atom. The number of carboxylic acids is 1. The summed E-state index contributed by atoms with van der Waals surface area (Å²) in [6.07, 6.45) is -0.875. The van der Waals surface area contributed by atoms with Gasteiger partial charge in [0.15, 0.2) is 6.04 Å². The number of hydrogen-bond donors (Lipinski definition) is 3. The molecular weight excluding hydrogens is 286 g/mol. The van der Waals surface area contributed by atoms with Gasteiger partial charge in [0.1, 0.15) is 12.4 Å². The Hall–Kier alpha value is -3.02. The monoisotopic (exact) mass is 301 g/mol. The predicted octanol–water partition coefficient (Wildman–Crippen LogP) is 2.44. The van der Waals surface area contributed by atoms with Gasteiger partial charge in [0.25, 0.3) is 0 Å².